The lowest BCUT2D eigenvalue weighted by Crippen LogP contribution is -2.04. The average Bonchev–Trinajstić information content (AvgIpc) is 3.21. The van der Waals surface area contributed by atoms with Gasteiger partial charge in [0.25, 0.3) is 0 Å². The molecule has 7 nitrogen and oxygen atoms in total. The van der Waals surface area contributed by atoms with Crippen LogP contribution in [-0.2, 0) is 4.79 Å². The molecule has 2 aromatic carbocycles. The van der Waals surface area contributed by atoms with Crippen LogP contribution in [0.5, 0.6) is 5.75 Å². The predicted octanol–water partition coefficient (Wildman–Crippen LogP) is 6.28. The molecule has 0 aliphatic carbocycles. The molecule has 4 aromatic rings. The molecule has 33 heavy (non-hydrogen) atoms. The van der Waals surface area contributed by atoms with Crippen molar-refractivity contribution in [1.29, 1.82) is 0 Å². The lowest BCUT2D eigenvalue weighted by molar-refractivity contribution is -0.137. The fourth-order valence-electron chi connectivity index (χ4n) is 3.72. The summed E-state index contributed by atoms with van der Waals surface area (Å²) < 4.78 is 11.5. The number of fused-ring (bicyclic) bond motifs is 1. The molecule has 0 atom stereocenters. The Bertz CT molecular complexity index is 1250. The van der Waals surface area contributed by atoms with E-state index in [9.17, 15) is 4.79 Å². The number of aliphatic carboxylic acids is 1. The topological polar surface area (TPSA) is 97.5 Å². The van der Waals surface area contributed by atoms with Crippen LogP contribution in [0.2, 0.25) is 5.02 Å². The Morgan fingerprint density at radius 3 is 2.61 bits per heavy atom. The molecule has 0 aliphatic rings. The van der Waals surface area contributed by atoms with E-state index in [1.54, 1.807) is 7.11 Å². The highest BCUT2D eigenvalue weighted by Gasteiger charge is 2.23. The number of methoxy groups -OCH3 is 1. The summed E-state index contributed by atoms with van der Waals surface area (Å²) in [5.41, 5.74) is 2.99. The van der Waals surface area contributed by atoms with Gasteiger partial charge < -0.3 is 19.6 Å². The number of hydrogen-bond acceptors (Lipinski definition) is 6. The number of furan rings is 1. The van der Waals surface area contributed by atoms with E-state index < -0.39 is 5.97 Å². The number of benzene rings is 2. The fourth-order valence-corrected chi connectivity index (χ4v) is 3.94. The molecule has 0 amide bonds. The van der Waals surface area contributed by atoms with Crippen molar-refractivity contribution in [3.8, 4) is 28.2 Å². The highest BCUT2D eigenvalue weighted by Crippen LogP contribution is 2.44. The van der Waals surface area contributed by atoms with Gasteiger partial charge in [-0.3, -0.25) is 4.79 Å². The van der Waals surface area contributed by atoms with Crippen molar-refractivity contribution in [3.05, 3.63) is 59.9 Å². The third-order valence-corrected chi connectivity index (χ3v) is 5.67. The Hall–Kier alpha value is -3.58. The van der Waals surface area contributed by atoms with E-state index in [1.165, 1.54) is 6.33 Å². The van der Waals surface area contributed by atoms with E-state index in [0.717, 1.165) is 40.7 Å². The van der Waals surface area contributed by atoms with Gasteiger partial charge in [0.1, 0.15) is 23.7 Å². The maximum atomic E-state index is 10.7. The van der Waals surface area contributed by atoms with Gasteiger partial charge in [0.2, 0.25) is 5.71 Å². The van der Waals surface area contributed by atoms with Crippen LogP contribution >= 0.6 is 11.6 Å². The van der Waals surface area contributed by atoms with Crippen LogP contribution in [0.4, 0.5) is 5.82 Å². The van der Waals surface area contributed by atoms with Gasteiger partial charge in [-0.2, -0.15) is 0 Å². The van der Waals surface area contributed by atoms with Crippen LogP contribution in [0, 0.1) is 0 Å². The molecule has 4 rings (SSSR count). The first-order chi connectivity index (χ1) is 16.1. The zero-order chi connectivity index (χ0) is 23.2. The summed E-state index contributed by atoms with van der Waals surface area (Å²) in [6.07, 6.45) is 3.94. The van der Waals surface area contributed by atoms with Crippen molar-refractivity contribution >= 4 is 34.5 Å². The molecule has 0 aliphatic heterocycles. The molecule has 2 aromatic heterocycles. The molecular weight excluding hydrogens is 442 g/mol. The maximum Gasteiger partial charge on any atom is 0.303 e. The number of carboxylic acids is 1. The summed E-state index contributed by atoms with van der Waals surface area (Å²) in [6, 6.07) is 15.2. The largest absolute Gasteiger partial charge is 0.497 e. The number of nitrogens with zero attached hydrogens (tertiary/aromatic N) is 2. The minimum absolute atomic E-state index is 0.183. The minimum Gasteiger partial charge on any atom is -0.497 e. The highest BCUT2D eigenvalue weighted by atomic mass is 35.5. The van der Waals surface area contributed by atoms with Crippen molar-refractivity contribution in [2.75, 3.05) is 19.0 Å². The molecule has 0 radical (unpaired) electrons. The van der Waals surface area contributed by atoms with E-state index in [2.05, 4.69) is 15.3 Å². The van der Waals surface area contributed by atoms with E-state index in [4.69, 9.17) is 25.9 Å². The fraction of sp³-hybridized carbons (Fsp3) is 0.240. The van der Waals surface area contributed by atoms with Crippen molar-refractivity contribution in [2.45, 2.75) is 25.7 Å². The summed E-state index contributed by atoms with van der Waals surface area (Å²) >= 11 is 6.51. The summed E-state index contributed by atoms with van der Waals surface area (Å²) in [7, 11) is 1.63. The van der Waals surface area contributed by atoms with E-state index in [-0.39, 0.29) is 6.42 Å². The lowest BCUT2D eigenvalue weighted by Gasteiger charge is -2.09. The molecule has 0 saturated carbocycles. The second-order valence-corrected chi connectivity index (χ2v) is 7.96. The standard InChI is InChI=1S/C25H24ClN3O4/c1-32-17-12-10-16(11-13-17)21-22-24(27-14-6-2-3-9-20(30)31)28-15-29-25(22)33-23(21)18-7-4-5-8-19(18)26/h4-5,7-8,10-13,15H,2-3,6,9,14H2,1H3,(H,30,31)(H,27,28,29). The Balaban J connectivity index is 1.74. The van der Waals surface area contributed by atoms with Crippen LogP contribution in [0.25, 0.3) is 33.6 Å². The van der Waals surface area contributed by atoms with Crippen molar-refractivity contribution in [2.24, 2.45) is 0 Å². The van der Waals surface area contributed by atoms with Crippen LogP contribution in [0.3, 0.4) is 0 Å². The van der Waals surface area contributed by atoms with Gasteiger partial charge in [-0.25, -0.2) is 9.97 Å². The van der Waals surface area contributed by atoms with Gasteiger partial charge in [-0.15, -0.1) is 0 Å². The normalized spacial score (nSPS) is 11.0. The number of unbranched alkanes of at least 4 members (excludes halogenated alkanes) is 2. The number of carboxylic acid groups (broad SMARTS) is 1. The third kappa shape index (κ3) is 5.09. The second-order valence-electron chi connectivity index (χ2n) is 7.55. The van der Waals surface area contributed by atoms with Crippen molar-refractivity contribution in [3.63, 3.8) is 0 Å². The third-order valence-electron chi connectivity index (χ3n) is 5.35. The van der Waals surface area contributed by atoms with Crippen LogP contribution < -0.4 is 10.1 Å². The number of halogens is 1. The number of aromatic nitrogens is 2. The minimum atomic E-state index is -0.768. The molecule has 2 heterocycles. The molecule has 0 fully saturated rings. The first-order valence-electron chi connectivity index (χ1n) is 10.7. The zero-order valence-electron chi connectivity index (χ0n) is 18.2. The molecule has 170 valence electrons. The summed E-state index contributed by atoms with van der Waals surface area (Å²) in [5.74, 6) is 1.26. The first-order valence-corrected chi connectivity index (χ1v) is 11.1. The Labute approximate surface area is 196 Å². The summed E-state index contributed by atoms with van der Waals surface area (Å²) in [4.78, 5) is 19.5. The predicted molar refractivity (Wildman–Crippen MR) is 129 cm³/mol. The number of carbonyl (C=O) groups is 1. The van der Waals surface area contributed by atoms with Gasteiger partial charge in [0.15, 0.2) is 0 Å². The van der Waals surface area contributed by atoms with Gasteiger partial charge >= 0.3 is 5.97 Å². The zero-order valence-corrected chi connectivity index (χ0v) is 18.9. The average molecular weight is 466 g/mol. The smallest absolute Gasteiger partial charge is 0.303 e. The Morgan fingerprint density at radius 1 is 1.09 bits per heavy atom. The van der Waals surface area contributed by atoms with Gasteiger partial charge in [-0.05, 0) is 42.7 Å². The molecule has 0 spiro atoms. The Kier molecular flexibility index (Phi) is 7.10. The second kappa shape index (κ2) is 10.4. The van der Waals surface area contributed by atoms with Gasteiger partial charge in [0, 0.05) is 24.1 Å². The van der Waals surface area contributed by atoms with E-state index in [1.807, 2.05) is 48.5 Å². The molecular formula is C25H24ClN3O4. The Morgan fingerprint density at radius 2 is 1.88 bits per heavy atom. The number of rotatable bonds is 10. The van der Waals surface area contributed by atoms with Crippen LogP contribution in [0.15, 0.2) is 59.3 Å². The lowest BCUT2D eigenvalue weighted by atomic mass is 9.99. The summed E-state index contributed by atoms with van der Waals surface area (Å²) in [5, 5.41) is 13.5. The number of anilines is 1. The number of hydrogen-bond donors (Lipinski definition) is 2. The molecule has 0 unspecified atom stereocenters. The monoisotopic (exact) mass is 465 g/mol. The summed E-state index contributed by atoms with van der Waals surface area (Å²) in [6.45, 7) is 0.653. The molecule has 0 saturated heterocycles. The maximum absolute atomic E-state index is 10.7. The molecule has 0 bridgehead atoms. The number of ether oxygens (including phenoxy) is 1. The number of nitrogens with one attached hydrogen (secondary N) is 1. The van der Waals surface area contributed by atoms with Gasteiger partial charge in [0.05, 0.1) is 17.5 Å². The van der Waals surface area contributed by atoms with E-state index >= 15 is 0 Å². The first kappa shape index (κ1) is 22.6. The molecule has 8 heteroatoms. The van der Waals surface area contributed by atoms with Gasteiger partial charge in [-0.1, -0.05) is 42.3 Å². The SMILES string of the molecule is COc1ccc(-c2c(-c3ccccc3Cl)oc3ncnc(NCCCCCC(=O)O)c23)cc1. The quantitative estimate of drug-likeness (QED) is 0.266. The van der Waals surface area contributed by atoms with Crippen LogP contribution in [0.1, 0.15) is 25.7 Å². The molecule has 2 N–H and O–H groups in total. The highest BCUT2D eigenvalue weighted by molar-refractivity contribution is 6.33. The van der Waals surface area contributed by atoms with E-state index in [0.29, 0.717) is 35.3 Å². The van der Waals surface area contributed by atoms with Crippen LogP contribution in [-0.4, -0.2) is 34.7 Å². The van der Waals surface area contributed by atoms with Crippen molar-refractivity contribution < 1.29 is 19.1 Å². The van der Waals surface area contributed by atoms with Crippen molar-refractivity contribution in [1.82, 2.24) is 9.97 Å².